The van der Waals surface area contributed by atoms with Gasteiger partial charge < -0.3 is 15.8 Å². The molecular formula is C11H16ClN3O. The standard InChI is InChI=1S/C11H16ClN3O/c1-7-4-9(2-3-16-7)15-11-10(12)5-8(13)6-14-11/h5-7,9H,2-4,13H2,1H3,(H,14,15). The van der Waals surface area contributed by atoms with Crippen molar-refractivity contribution in [3.05, 3.63) is 17.3 Å². The largest absolute Gasteiger partial charge is 0.397 e. The lowest BCUT2D eigenvalue weighted by Crippen LogP contribution is -2.32. The van der Waals surface area contributed by atoms with Crippen LogP contribution in [0, 0.1) is 0 Å². The number of halogens is 1. The Balaban J connectivity index is 2.02. The first-order chi connectivity index (χ1) is 7.65. The molecule has 1 saturated heterocycles. The van der Waals surface area contributed by atoms with Crippen LogP contribution in [0.25, 0.3) is 0 Å². The topological polar surface area (TPSA) is 60.2 Å². The van der Waals surface area contributed by atoms with E-state index in [1.54, 1.807) is 12.3 Å². The number of ether oxygens (including phenoxy) is 1. The highest BCUT2D eigenvalue weighted by Crippen LogP contribution is 2.24. The van der Waals surface area contributed by atoms with Crippen molar-refractivity contribution in [2.45, 2.75) is 31.9 Å². The molecule has 1 aromatic heterocycles. The number of nitrogens with two attached hydrogens (primary N) is 1. The fraction of sp³-hybridized carbons (Fsp3) is 0.545. The van der Waals surface area contributed by atoms with Gasteiger partial charge in [0.05, 0.1) is 23.0 Å². The average Bonchev–Trinajstić information content (AvgIpc) is 2.22. The number of anilines is 2. The number of nitrogens with zero attached hydrogens (tertiary/aromatic N) is 1. The van der Waals surface area contributed by atoms with Gasteiger partial charge in [-0.1, -0.05) is 11.6 Å². The van der Waals surface area contributed by atoms with E-state index < -0.39 is 0 Å². The van der Waals surface area contributed by atoms with E-state index in [9.17, 15) is 0 Å². The molecule has 88 valence electrons. The van der Waals surface area contributed by atoms with Gasteiger partial charge in [0.25, 0.3) is 0 Å². The Kier molecular flexibility index (Phi) is 3.51. The van der Waals surface area contributed by atoms with E-state index in [0.717, 1.165) is 19.4 Å². The molecule has 16 heavy (non-hydrogen) atoms. The van der Waals surface area contributed by atoms with Crippen LogP contribution in [0.1, 0.15) is 19.8 Å². The van der Waals surface area contributed by atoms with Gasteiger partial charge in [0.1, 0.15) is 5.82 Å². The lowest BCUT2D eigenvalue weighted by Gasteiger charge is -2.28. The highest BCUT2D eigenvalue weighted by molar-refractivity contribution is 6.33. The summed E-state index contributed by atoms with van der Waals surface area (Å²) < 4.78 is 5.48. The second kappa shape index (κ2) is 4.89. The summed E-state index contributed by atoms with van der Waals surface area (Å²) in [6.07, 6.45) is 3.85. The molecule has 0 saturated carbocycles. The predicted molar refractivity (Wildman–Crippen MR) is 65.7 cm³/mol. The van der Waals surface area contributed by atoms with Crippen molar-refractivity contribution in [3.63, 3.8) is 0 Å². The van der Waals surface area contributed by atoms with E-state index in [-0.39, 0.29) is 0 Å². The maximum atomic E-state index is 6.05. The minimum absolute atomic E-state index is 0.291. The van der Waals surface area contributed by atoms with Crippen molar-refractivity contribution in [1.29, 1.82) is 0 Å². The molecule has 2 atom stereocenters. The normalized spacial score (nSPS) is 25.4. The Bertz CT molecular complexity index is 372. The van der Waals surface area contributed by atoms with E-state index >= 15 is 0 Å². The minimum Gasteiger partial charge on any atom is -0.397 e. The summed E-state index contributed by atoms with van der Waals surface area (Å²) in [6.45, 7) is 2.86. The van der Waals surface area contributed by atoms with E-state index in [4.69, 9.17) is 22.1 Å². The third-order valence-electron chi connectivity index (χ3n) is 2.69. The molecule has 1 aromatic rings. The number of nitrogen functional groups attached to an aromatic ring is 1. The molecule has 1 aliphatic heterocycles. The third-order valence-corrected chi connectivity index (χ3v) is 2.98. The number of nitrogens with one attached hydrogen (secondary N) is 1. The highest BCUT2D eigenvalue weighted by Gasteiger charge is 2.20. The molecular weight excluding hydrogens is 226 g/mol. The van der Waals surface area contributed by atoms with Crippen LogP contribution in [-0.2, 0) is 4.74 Å². The summed E-state index contributed by atoms with van der Waals surface area (Å²) in [5.41, 5.74) is 6.17. The lowest BCUT2D eigenvalue weighted by molar-refractivity contribution is 0.0232. The Hall–Kier alpha value is -1.00. The van der Waals surface area contributed by atoms with Gasteiger partial charge in [-0.2, -0.15) is 0 Å². The summed E-state index contributed by atoms with van der Waals surface area (Å²) in [6, 6.07) is 2.08. The summed E-state index contributed by atoms with van der Waals surface area (Å²) in [4.78, 5) is 4.19. The van der Waals surface area contributed by atoms with Crippen molar-refractivity contribution in [2.75, 3.05) is 17.7 Å². The number of aromatic nitrogens is 1. The molecule has 0 radical (unpaired) electrons. The second-order valence-electron chi connectivity index (χ2n) is 4.15. The van der Waals surface area contributed by atoms with Crippen LogP contribution >= 0.6 is 11.6 Å². The van der Waals surface area contributed by atoms with Crippen LogP contribution in [-0.4, -0.2) is 23.7 Å². The van der Waals surface area contributed by atoms with Gasteiger partial charge >= 0.3 is 0 Å². The van der Waals surface area contributed by atoms with Crippen LogP contribution in [0.4, 0.5) is 11.5 Å². The first-order valence-electron chi connectivity index (χ1n) is 5.44. The molecule has 2 heterocycles. The highest BCUT2D eigenvalue weighted by atomic mass is 35.5. The van der Waals surface area contributed by atoms with Gasteiger partial charge in [-0.15, -0.1) is 0 Å². The summed E-state index contributed by atoms with van der Waals surface area (Å²) >= 11 is 6.05. The molecule has 0 amide bonds. The predicted octanol–water partition coefficient (Wildman–Crippen LogP) is 2.30. The zero-order valence-corrected chi connectivity index (χ0v) is 10.00. The van der Waals surface area contributed by atoms with Crippen LogP contribution in [0.3, 0.4) is 0 Å². The number of hydrogen-bond donors (Lipinski definition) is 2. The lowest BCUT2D eigenvalue weighted by atomic mass is 10.0. The monoisotopic (exact) mass is 241 g/mol. The molecule has 1 aliphatic rings. The smallest absolute Gasteiger partial charge is 0.145 e. The Morgan fingerprint density at radius 1 is 1.62 bits per heavy atom. The van der Waals surface area contributed by atoms with Gasteiger partial charge in [-0.25, -0.2) is 4.98 Å². The SMILES string of the molecule is CC1CC(Nc2ncc(N)cc2Cl)CCO1. The molecule has 2 rings (SSSR count). The van der Waals surface area contributed by atoms with Crippen molar-refractivity contribution in [1.82, 2.24) is 4.98 Å². The van der Waals surface area contributed by atoms with E-state index in [2.05, 4.69) is 17.2 Å². The fourth-order valence-electron chi connectivity index (χ4n) is 1.88. The fourth-order valence-corrected chi connectivity index (χ4v) is 2.11. The average molecular weight is 242 g/mol. The first kappa shape index (κ1) is 11.5. The summed E-state index contributed by atoms with van der Waals surface area (Å²) in [5.74, 6) is 0.704. The number of pyridine rings is 1. The minimum atomic E-state index is 0.291. The quantitative estimate of drug-likeness (QED) is 0.834. The molecule has 0 spiro atoms. The van der Waals surface area contributed by atoms with E-state index in [1.165, 1.54) is 0 Å². The van der Waals surface area contributed by atoms with Gasteiger partial charge in [-0.05, 0) is 25.8 Å². The van der Waals surface area contributed by atoms with Crippen molar-refractivity contribution >= 4 is 23.1 Å². The molecule has 4 nitrogen and oxygen atoms in total. The van der Waals surface area contributed by atoms with E-state index in [1.807, 2.05) is 0 Å². The van der Waals surface area contributed by atoms with Crippen LogP contribution in [0.15, 0.2) is 12.3 Å². The zero-order chi connectivity index (χ0) is 11.5. The second-order valence-corrected chi connectivity index (χ2v) is 4.55. The van der Waals surface area contributed by atoms with Crippen molar-refractivity contribution < 1.29 is 4.74 Å². The Labute approximate surface area is 100 Å². The van der Waals surface area contributed by atoms with Crippen LogP contribution < -0.4 is 11.1 Å². The molecule has 5 heteroatoms. The number of hydrogen-bond acceptors (Lipinski definition) is 4. The molecule has 2 unspecified atom stereocenters. The van der Waals surface area contributed by atoms with Crippen molar-refractivity contribution in [3.8, 4) is 0 Å². The maximum absolute atomic E-state index is 6.05. The van der Waals surface area contributed by atoms with Gasteiger partial charge in [0.15, 0.2) is 0 Å². The Morgan fingerprint density at radius 2 is 2.44 bits per heavy atom. The summed E-state index contributed by atoms with van der Waals surface area (Å²) in [7, 11) is 0. The molecule has 0 aliphatic carbocycles. The van der Waals surface area contributed by atoms with Crippen LogP contribution in [0.2, 0.25) is 5.02 Å². The molecule has 0 aromatic carbocycles. The maximum Gasteiger partial charge on any atom is 0.145 e. The van der Waals surface area contributed by atoms with Crippen molar-refractivity contribution in [2.24, 2.45) is 0 Å². The van der Waals surface area contributed by atoms with E-state index in [0.29, 0.717) is 28.7 Å². The zero-order valence-electron chi connectivity index (χ0n) is 9.24. The van der Waals surface area contributed by atoms with Gasteiger partial charge in [0, 0.05) is 12.6 Å². The summed E-state index contributed by atoms with van der Waals surface area (Å²) in [5, 5.41) is 3.90. The van der Waals surface area contributed by atoms with Crippen LogP contribution in [0.5, 0.6) is 0 Å². The molecule has 1 fully saturated rings. The third kappa shape index (κ3) is 2.77. The molecule has 0 bridgehead atoms. The van der Waals surface area contributed by atoms with Gasteiger partial charge in [-0.3, -0.25) is 0 Å². The Morgan fingerprint density at radius 3 is 3.12 bits per heavy atom. The molecule has 3 N–H and O–H groups in total. The van der Waals surface area contributed by atoms with Gasteiger partial charge in [0.2, 0.25) is 0 Å². The first-order valence-corrected chi connectivity index (χ1v) is 5.82. The number of rotatable bonds is 2.